The van der Waals surface area contributed by atoms with Crippen molar-refractivity contribution in [2.75, 3.05) is 13.1 Å². The van der Waals surface area contributed by atoms with Crippen LogP contribution in [0.2, 0.25) is 0 Å². The second kappa shape index (κ2) is 7.97. The van der Waals surface area contributed by atoms with Gasteiger partial charge in [0.2, 0.25) is 0 Å². The van der Waals surface area contributed by atoms with Crippen molar-refractivity contribution in [3.63, 3.8) is 0 Å². The summed E-state index contributed by atoms with van der Waals surface area (Å²) in [5, 5.41) is 5.28. The van der Waals surface area contributed by atoms with Gasteiger partial charge >= 0.3 is 0 Å². The minimum atomic E-state index is -0.402. The van der Waals surface area contributed by atoms with Gasteiger partial charge in [0.15, 0.2) is 10.4 Å². The van der Waals surface area contributed by atoms with Crippen LogP contribution < -0.4 is 10.6 Å². The average molecular weight is 448 g/mol. The fourth-order valence-electron chi connectivity index (χ4n) is 2.85. The minimum absolute atomic E-state index is 0.162. The van der Waals surface area contributed by atoms with Gasteiger partial charge in [0.1, 0.15) is 0 Å². The average Bonchev–Trinajstić information content (AvgIpc) is 3.20. The van der Waals surface area contributed by atoms with E-state index in [1.165, 1.54) is 29.2 Å². The molecule has 0 unspecified atom stereocenters. The third kappa shape index (κ3) is 3.84. The zero-order valence-electron chi connectivity index (χ0n) is 15.2. The quantitative estimate of drug-likeness (QED) is 0.521. The Labute approximate surface area is 169 Å². The molecule has 3 rings (SSSR count). The number of carbonyl (C=O) groups is 4. The molecule has 8 nitrogen and oxygen atoms in total. The lowest BCUT2D eigenvalue weighted by molar-refractivity contribution is 0.0608. The Morgan fingerprint density at radius 3 is 2.25 bits per heavy atom. The summed E-state index contributed by atoms with van der Waals surface area (Å²) in [5.41, 5.74) is 0.793. The maximum absolute atomic E-state index is 12.4. The minimum Gasteiger partial charge on any atom is -0.444 e. The first-order valence-electron chi connectivity index (χ1n) is 8.63. The predicted octanol–water partition coefficient (Wildman–Crippen LogP) is 2.21. The van der Waals surface area contributed by atoms with Crippen LogP contribution in [0.3, 0.4) is 0 Å². The summed E-state index contributed by atoms with van der Waals surface area (Å²) in [7, 11) is 0. The first kappa shape index (κ1) is 19.8. The number of halogens is 1. The molecule has 0 saturated heterocycles. The van der Waals surface area contributed by atoms with Crippen LogP contribution in [-0.2, 0) is 0 Å². The molecule has 2 aromatic rings. The van der Waals surface area contributed by atoms with Crippen LogP contribution >= 0.6 is 15.9 Å². The van der Waals surface area contributed by atoms with Crippen molar-refractivity contribution in [3.05, 3.63) is 57.5 Å². The predicted molar refractivity (Wildman–Crippen MR) is 103 cm³/mol. The Bertz CT molecular complexity index is 966. The summed E-state index contributed by atoms with van der Waals surface area (Å²) < 4.78 is 5.58. The van der Waals surface area contributed by atoms with Crippen LogP contribution in [0.25, 0.3) is 0 Å². The van der Waals surface area contributed by atoms with Crippen molar-refractivity contribution >= 4 is 39.6 Å². The summed E-state index contributed by atoms with van der Waals surface area (Å²) in [5.74, 6) is -1.39. The number of amides is 4. The normalized spacial score (nSPS) is 13.1. The fourth-order valence-corrected chi connectivity index (χ4v) is 3.15. The summed E-state index contributed by atoms with van der Waals surface area (Å²) in [4.78, 5) is 50.0. The molecular weight excluding hydrogens is 430 g/mol. The van der Waals surface area contributed by atoms with Gasteiger partial charge in [-0.25, -0.2) is 0 Å². The Hall–Kier alpha value is -2.94. The number of nitrogens with zero attached hydrogens (tertiary/aromatic N) is 1. The van der Waals surface area contributed by atoms with Crippen LogP contribution in [0.1, 0.15) is 55.5 Å². The first-order valence-corrected chi connectivity index (χ1v) is 9.42. The number of furan rings is 1. The maximum Gasteiger partial charge on any atom is 0.287 e. The van der Waals surface area contributed by atoms with Crippen LogP contribution in [0.5, 0.6) is 0 Å². The SMILES string of the molecule is CC(C)N1C(=O)c2ccc(C(=O)NCCNC(=O)c3ccc(Br)o3)cc2C1=O. The highest BCUT2D eigenvalue weighted by Crippen LogP contribution is 2.25. The summed E-state index contributed by atoms with van der Waals surface area (Å²) in [6.45, 7) is 3.90. The third-order valence-corrected chi connectivity index (χ3v) is 4.62. The first-order chi connectivity index (χ1) is 13.3. The van der Waals surface area contributed by atoms with E-state index in [0.717, 1.165) is 0 Å². The van der Waals surface area contributed by atoms with E-state index in [4.69, 9.17) is 4.42 Å². The zero-order valence-corrected chi connectivity index (χ0v) is 16.8. The van der Waals surface area contributed by atoms with Crippen molar-refractivity contribution in [3.8, 4) is 0 Å². The summed E-state index contributed by atoms with van der Waals surface area (Å²) in [6, 6.07) is 7.29. The molecule has 0 atom stereocenters. The number of carbonyl (C=O) groups excluding carboxylic acids is 4. The molecule has 28 heavy (non-hydrogen) atoms. The molecule has 2 N–H and O–H groups in total. The number of imide groups is 1. The molecule has 0 spiro atoms. The molecule has 1 aliphatic heterocycles. The second-order valence-corrected chi connectivity index (χ2v) is 7.23. The second-order valence-electron chi connectivity index (χ2n) is 6.45. The monoisotopic (exact) mass is 447 g/mol. The van der Waals surface area contributed by atoms with E-state index in [0.29, 0.717) is 10.2 Å². The molecule has 0 saturated carbocycles. The lowest BCUT2D eigenvalue weighted by atomic mass is 10.1. The van der Waals surface area contributed by atoms with Crippen molar-refractivity contribution in [1.82, 2.24) is 15.5 Å². The highest BCUT2D eigenvalue weighted by atomic mass is 79.9. The molecular formula is C19H18BrN3O5. The van der Waals surface area contributed by atoms with E-state index in [2.05, 4.69) is 26.6 Å². The van der Waals surface area contributed by atoms with Gasteiger partial charge in [-0.1, -0.05) is 0 Å². The number of benzene rings is 1. The summed E-state index contributed by atoms with van der Waals surface area (Å²) in [6.07, 6.45) is 0. The molecule has 0 bridgehead atoms. The molecule has 0 fully saturated rings. The molecule has 146 valence electrons. The van der Waals surface area contributed by atoms with Gasteiger partial charge in [-0.3, -0.25) is 24.1 Å². The van der Waals surface area contributed by atoms with Crippen LogP contribution in [0.15, 0.2) is 39.4 Å². The highest BCUT2D eigenvalue weighted by Gasteiger charge is 2.37. The summed E-state index contributed by atoms with van der Waals surface area (Å²) >= 11 is 3.12. The Balaban J connectivity index is 1.57. The maximum atomic E-state index is 12.4. The van der Waals surface area contributed by atoms with Gasteiger partial charge in [-0.15, -0.1) is 0 Å². The Morgan fingerprint density at radius 2 is 1.64 bits per heavy atom. The van der Waals surface area contributed by atoms with Crippen LogP contribution in [-0.4, -0.2) is 47.7 Å². The molecule has 0 aliphatic carbocycles. The van der Waals surface area contributed by atoms with Gasteiger partial charge in [0.25, 0.3) is 23.6 Å². The lowest BCUT2D eigenvalue weighted by Crippen LogP contribution is -2.36. The molecule has 0 radical (unpaired) electrons. The van der Waals surface area contributed by atoms with E-state index in [1.807, 2.05) is 0 Å². The molecule has 1 aliphatic rings. The van der Waals surface area contributed by atoms with E-state index >= 15 is 0 Å². The third-order valence-electron chi connectivity index (χ3n) is 4.19. The van der Waals surface area contributed by atoms with E-state index in [1.54, 1.807) is 19.9 Å². The number of rotatable bonds is 6. The van der Waals surface area contributed by atoms with Crippen LogP contribution in [0.4, 0.5) is 0 Å². The van der Waals surface area contributed by atoms with Crippen molar-refractivity contribution in [2.45, 2.75) is 19.9 Å². The van der Waals surface area contributed by atoms with Crippen molar-refractivity contribution in [1.29, 1.82) is 0 Å². The van der Waals surface area contributed by atoms with Gasteiger partial charge in [0.05, 0.1) is 11.1 Å². The van der Waals surface area contributed by atoms with Gasteiger partial charge < -0.3 is 15.1 Å². The van der Waals surface area contributed by atoms with E-state index in [-0.39, 0.29) is 41.9 Å². The van der Waals surface area contributed by atoms with Crippen LogP contribution in [0, 0.1) is 0 Å². The Morgan fingerprint density at radius 1 is 1.00 bits per heavy atom. The Kier molecular flexibility index (Phi) is 5.64. The standard InChI is InChI=1S/C19H18BrN3O5/c1-10(2)23-18(26)12-4-3-11(9-13(12)19(23)27)16(24)21-7-8-22-17(25)14-5-6-15(20)28-14/h3-6,9-10H,7-8H2,1-2H3,(H,21,24)(H,22,25). The smallest absolute Gasteiger partial charge is 0.287 e. The van der Waals surface area contributed by atoms with E-state index < -0.39 is 17.7 Å². The number of fused-ring (bicyclic) bond motifs is 1. The van der Waals surface area contributed by atoms with Gasteiger partial charge in [-0.05, 0) is 60.1 Å². The van der Waals surface area contributed by atoms with Gasteiger partial charge in [0, 0.05) is 24.7 Å². The molecule has 1 aromatic heterocycles. The number of nitrogens with one attached hydrogen (secondary N) is 2. The largest absolute Gasteiger partial charge is 0.444 e. The van der Waals surface area contributed by atoms with Gasteiger partial charge in [-0.2, -0.15) is 0 Å². The molecule has 9 heteroatoms. The molecule has 2 heterocycles. The number of hydrogen-bond donors (Lipinski definition) is 2. The van der Waals surface area contributed by atoms with Crippen molar-refractivity contribution in [2.24, 2.45) is 0 Å². The lowest BCUT2D eigenvalue weighted by Gasteiger charge is -2.17. The highest BCUT2D eigenvalue weighted by molar-refractivity contribution is 9.10. The molecule has 4 amide bonds. The number of hydrogen-bond acceptors (Lipinski definition) is 5. The molecule has 1 aromatic carbocycles. The van der Waals surface area contributed by atoms with E-state index in [9.17, 15) is 19.2 Å². The fraction of sp³-hybridized carbons (Fsp3) is 0.263. The zero-order chi connectivity index (χ0) is 20.4. The topological polar surface area (TPSA) is 109 Å². The van der Waals surface area contributed by atoms with Crippen molar-refractivity contribution < 1.29 is 23.6 Å².